The summed E-state index contributed by atoms with van der Waals surface area (Å²) in [6.45, 7) is 1.55. The Kier molecular flexibility index (Phi) is 5.74. The number of anilines is 2. The van der Waals surface area contributed by atoms with E-state index in [-0.39, 0.29) is 5.69 Å². The van der Waals surface area contributed by atoms with Gasteiger partial charge in [-0.2, -0.15) is 13.2 Å². The zero-order valence-corrected chi connectivity index (χ0v) is 16.1. The molecule has 1 aliphatic rings. The maximum Gasteiger partial charge on any atom is 0.416 e. The number of benzene rings is 2. The number of piperidine rings is 1. The first kappa shape index (κ1) is 19.0. The van der Waals surface area contributed by atoms with Crippen molar-refractivity contribution in [2.24, 2.45) is 0 Å². The molecule has 1 saturated heterocycles. The first-order valence-electron chi connectivity index (χ1n) is 8.38. The summed E-state index contributed by atoms with van der Waals surface area (Å²) in [6, 6.07) is 10.5. The van der Waals surface area contributed by atoms with Crippen molar-refractivity contribution >= 4 is 39.9 Å². The molecule has 0 saturated carbocycles. The van der Waals surface area contributed by atoms with E-state index in [0.717, 1.165) is 48.1 Å². The minimum absolute atomic E-state index is 0.200. The fraction of sp³-hybridized carbons (Fsp3) is 0.316. The molecular formula is C19H18F3IN2O. The van der Waals surface area contributed by atoms with Gasteiger partial charge in [0.1, 0.15) is 0 Å². The molecule has 0 aromatic heterocycles. The summed E-state index contributed by atoms with van der Waals surface area (Å²) in [5.41, 5.74) is 0.509. The second-order valence-corrected chi connectivity index (χ2v) is 7.37. The molecule has 26 heavy (non-hydrogen) atoms. The second kappa shape index (κ2) is 7.85. The van der Waals surface area contributed by atoms with Crippen LogP contribution in [0.3, 0.4) is 0 Å². The Morgan fingerprint density at radius 1 is 1.04 bits per heavy atom. The molecule has 2 aromatic carbocycles. The van der Waals surface area contributed by atoms with Gasteiger partial charge in [-0.3, -0.25) is 4.79 Å². The first-order valence-corrected chi connectivity index (χ1v) is 9.46. The smallest absolute Gasteiger partial charge is 0.370 e. The molecule has 0 bridgehead atoms. The maximum atomic E-state index is 13.1. The third kappa shape index (κ3) is 4.31. The molecule has 3 nitrogen and oxygen atoms in total. The van der Waals surface area contributed by atoms with Crippen molar-refractivity contribution in [2.75, 3.05) is 23.3 Å². The van der Waals surface area contributed by atoms with E-state index in [4.69, 9.17) is 0 Å². The predicted molar refractivity (Wildman–Crippen MR) is 105 cm³/mol. The van der Waals surface area contributed by atoms with Crippen molar-refractivity contribution in [3.05, 3.63) is 57.2 Å². The van der Waals surface area contributed by atoms with Gasteiger partial charge in [-0.15, -0.1) is 0 Å². The highest BCUT2D eigenvalue weighted by atomic mass is 127. The molecule has 138 valence electrons. The number of carbonyl (C=O) groups excluding carboxylic acids is 1. The van der Waals surface area contributed by atoms with Crippen molar-refractivity contribution in [2.45, 2.75) is 25.4 Å². The van der Waals surface area contributed by atoms with Crippen LogP contribution in [0.5, 0.6) is 0 Å². The van der Waals surface area contributed by atoms with E-state index in [9.17, 15) is 18.0 Å². The van der Waals surface area contributed by atoms with Crippen LogP contribution < -0.4 is 10.2 Å². The molecule has 0 radical (unpaired) electrons. The van der Waals surface area contributed by atoms with Gasteiger partial charge in [-0.05, 0) is 72.2 Å². The van der Waals surface area contributed by atoms with Crippen LogP contribution in [0.15, 0.2) is 42.5 Å². The second-order valence-electron chi connectivity index (χ2n) is 6.21. The molecule has 0 spiro atoms. The summed E-state index contributed by atoms with van der Waals surface area (Å²) in [7, 11) is 0. The number of rotatable bonds is 3. The highest BCUT2D eigenvalue weighted by Gasteiger charge is 2.32. The van der Waals surface area contributed by atoms with E-state index in [1.54, 1.807) is 18.2 Å². The Labute approximate surface area is 163 Å². The van der Waals surface area contributed by atoms with Gasteiger partial charge in [0.2, 0.25) is 0 Å². The van der Waals surface area contributed by atoms with Crippen LogP contribution in [0.2, 0.25) is 0 Å². The lowest BCUT2D eigenvalue weighted by Gasteiger charge is -2.31. The Morgan fingerprint density at radius 2 is 1.73 bits per heavy atom. The van der Waals surface area contributed by atoms with Crippen molar-refractivity contribution in [1.29, 1.82) is 0 Å². The molecule has 1 N–H and O–H groups in total. The summed E-state index contributed by atoms with van der Waals surface area (Å²) in [5, 5.41) is 2.69. The lowest BCUT2D eigenvalue weighted by Crippen LogP contribution is -2.30. The SMILES string of the molecule is O=C(Nc1cc(C(F)(F)F)ccc1N1CCCCC1)c1ccccc1I. The van der Waals surface area contributed by atoms with Gasteiger partial charge in [0.05, 0.1) is 22.5 Å². The fourth-order valence-corrected chi connectivity index (χ4v) is 3.69. The number of nitrogens with one attached hydrogen (secondary N) is 1. The molecule has 1 heterocycles. The van der Waals surface area contributed by atoms with Crippen LogP contribution in [-0.2, 0) is 6.18 Å². The lowest BCUT2D eigenvalue weighted by molar-refractivity contribution is -0.137. The van der Waals surface area contributed by atoms with Gasteiger partial charge in [0.15, 0.2) is 0 Å². The molecule has 0 atom stereocenters. The summed E-state index contributed by atoms with van der Waals surface area (Å²) < 4.78 is 40.2. The quantitative estimate of drug-likeness (QED) is 0.592. The summed E-state index contributed by atoms with van der Waals surface area (Å²) >= 11 is 2.04. The van der Waals surface area contributed by atoms with Gasteiger partial charge >= 0.3 is 6.18 Å². The van der Waals surface area contributed by atoms with E-state index in [1.165, 1.54) is 6.07 Å². The van der Waals surface area contributed by atoms with Crippen molar-refractivity contribution < 1.29 is 18.0 Å². The van der Waals surface area contributed by atoms with E-state index < -0.39 is 17.6 Å². The minimum atomic E-state index is -4.46. The molecule has 1 amide bonds. The molecule has 7 heteroatoms. The van der Waals surface area contributed by atoms with E-state index in [1.807, 2.05) is 33.6 Å². The molecule has 0 aliphatic carbocycles. The van der Waals surface area contributed by atoms with E-state index >= 15 is 0 Å². The zero-order chi connectivity index (χ0) is 18.7. The normalized spacial score (nSPS) is 15.0. The number of hydrogen-bond acceptors (Lipinski definition) is 2. The lowest BCUT2D eigenvalue weighted by atomic mass is 10.1. The van der Waals surface area contributed by atoms with Crippen LogP contribution in [0.25, 0.3) is 0 Å². The number of nitrogens with zero attached hydrogens (tertiary/aromatic N) is 1. The standard InChI is InChI=1S/C19H18F3IN2O/c20-19(21,22)13-8-9-17(25-10-4-1-5-11-25)16(12-13)24-18(26)14-6-2-3-7-15(14)23/h2-3,6-9,12H,1,4-5,10-11H2,(H,24,26). The Morgan fingerprint density at radius 3 is 2.38 bits per heavy atom. The Balaban J connectivity index is 1.96. The Bertz CT molecular complexity index is 802. The minimum Gasteiger partial charge on any atom is -0.370 e. The molecule has 0 unspecified atom stereocenters. The largest absolute Gasteiger partial charge is 0.416 e. The van der Waals surface area contributed by atoms with E-state index in [2.05, 4.69) is 5.32 Å². The van der Waals surface area contributed by atoms with E-state index in [0.29, 0.717) is 11.3 Å². The average molecular weight is 474 g/mol. The molecule has 1 aliphatic heterocycles. The number of amides is 1. The monoisotopic (exact) mass is 474 g/mol. The number of alkyl halides is 3. The predicted octanol–water partition coefficient (Wildman–Crippen LogP) is 5.55. The number of hydrogen-bond donors (Lipinski definition) is 1. The number of carbonyl (C=O) groups is 1. The third-order valence-electron chi connectivity index (χ3n) is 4.39. The fourth-order valence-electron chi connectivity index (χ4n) is 3.06. The van der Waals surface area contributed by atoms with Crippen LogP contribution in [0.4, 0.5) is 24.5 Å². The molecule has 3 rings (SSSR count). The van der Waals surface area contributed by atoms with Crippen molar-refractivity contribution in [3.63, 3.8) is 0 Å². The van der Waals surface area contributed by atoms with Gasteiger partial charge in [0, 0.05) is 16.7 Å². The highest BCUT2D eigenvalue weighted by molar-refractivity contribution is 14.1. The van der Waals surface area contributed by atoms with Gasteiger partial charge < -0.3 is 10.2 Å². The molecule has 1 fully saturated rings. The van der Waals surface area contributed by atoms with Crippen LogP contribution >= 0.6 is 22.6 Å². The topological polar surface area (TPSA) is 32.3 Å². The van der Waals surface area contributed by atoms with Gasteiger partial charge in [0.25, 0.3) is 5.91 Å². The van der Waals surface area contributed by atoms with Gasteiger partial charge in [-0.1, -0.05) is 12.1 Å². The van der Waals surface area contributed by atoms with Crippen LogP contribution in [0, 0.1) is 3.57 Å². The van der Waals surface area contributed by atoms with Gasteiger partial charge in [-0.25, -0.2) is 0 Å². The summed E-state index contributed by atoms with van der Waals surface area (Å²) in [4.78, 5) is 14.7. The number of halogens is 4. The first-order chi connectivity index (χ1) is 12.4. The van der Waals surface area contributed by atoms with Crippen molar-refractivity contribution in [3.8, 4) is 0 Å². The third-order valence-corrected chi connectivity index (χ3v) is 5.33. The highest BCUT2D eigenvalue weighted by Crippen LogP contribution is 2.36. The molecule has 2 aromatic rings. The summed E-state index contributed by atoms with van der Waals surface area (Å²) in [5.74, 6) is -0.410. The summed E-state index contributed by atoms with van der Waals surface area (Å²) in [6.07, 6.45) is -1.36. The average Bonchev–Trinajstić information content (AvgIpc) is 2.62. The molecular weight excluding hydrogens is 456 g/mol. The van der Waals surface area contributed by atoms with Crippen LogP contribution in [0.1, 0.15) is 35.2 Å². The van der Waals surface area contributed by atoms with Crippen LogP contribution in [-0.4, -0.2) is 19.0 Å². The Hall–Kier alpha value is -1.77. The zero-order valence-electron chi connectivity index (χ0n) is 13.9. The maximum absolute atomic E-state index is 13.1. The van der Waals surface area contributed by atoms with Crippen molar-refractivity contribution in [1.82, 2.24) is 0 Å².